The molecule has 2 amide bonds. The molecule has 1 unspecified atom stereocenters. The number of hydrogen-bond donors (Lipinski definition) is 2. The highest BCUT2D eigenvalue weighted by Gasteiger charge is 2.09. The Morgan fingerprint density at radius 3 is 2.59 bits per heavy atom. The third kappa shape index (κ3) is 4.68. The molecular weight excluding hydrogens is 236 g/mol. The lowest BCUT2D eigenvalue weighted by Gasteiger charge is -2.11. The Morgan fingerprint density at radius 1 is 1.35 bits per heavy atom. The number of nitrogens with one attached hydrogen (secondary N) is 2. The van der Waals surface area contributed by atoms with Gasteiger partial charge in [-0.2, -0.15) is 0 Å². The first kappa shape index (κ1) is 13.9. The fraction of sp³-hybridized carbons (Fsp3) is 0.727. The zero-order valence-corrected chi connectivity index (χ0v) is 11.6. The number of carbonyl (C=O) groups is 1. The summed E-state index contributed by atoms with van der Waals surface area (Å²) in [5.74, 6) is 0.384. The second kappa shape index (κ2) is 6.54. The average molecular weight is 256 g/mol. The van der Waals surface area contributed by atoms with E-state index in [1.54, 1.807) is 11.3 Å². The predicted octanol–water partition coefficient (Wildman–Crippen LogP) is 2.26. The Kier molecular flexibility index (Phi) is 5.34. The summed E-state index contributed by atoms with van der Waals surface area (Å²) >= 11 is 1.54. The minimum atomic E-state index is -0.152. The van der Waals surface area contributed by atoms with Crippen molar-refractivity contribution < 1.29 is 4.79 Å². The number of hydrogen-bond acceptors (Lipinski definition) is 4. The molecule has 5 nitrogen and oxygen atoms in total. The molecule has 1 heterocycles. The molecule has 0 saturated heterocycles. The van der Waals surface area contributed by atoms with E-state index in [2.05, 4.69) is 34.7 Å². The number of aromatic nitrogens is 2. The Bertz CT molecular complexity index is 364. The van der Waals surface area contributed by atoms with E-state index in [1.165, 1.54) is 0 Å². The van der Waals surface area contributed by atoms with Gasteiger partial charge in [-0.3, -0.25) is 0 Å². The maximum atomic E-state index is 11.5. The summed E-state index contributed by atoms with van der Waals surface area (Å²) in [6, 6.07) is 0.0382. The van der Waals surface area contributed by atoms with Crippen LogP contribution in [0.15, 0.2) is 0 Å². The normalized spacial score (nSPS) is 12.5. The Morgan fingerprint density at radius 2 is 2.06 bits per heavy atom. The van der Waals surface area contributed by atoms with Crippen molar-refractivity contribution in [2.45, 2.75) is 52.6 Å². The van der Waals surface area contributed by atoms with Crippen LogP contribution in [0.5, 0.6) is 0 Å². The van der Waals surface area contributed by atoms with E-state index < -0.39 is 0 Å². The van der Waals surface area contributed by atoms with Crippen molar-refractivity contribution in [2.75, 3.05) is 0 Å². The minimum Gasteiger partial charge on any atom is -0.336 e. The predicted molar refractivity (Wildman–Crippen MR) is 69.1 cm³/mol. The Balaban J connectivity index is 2.37. The van der Waals surface area contributed by atoms with Crippen LogP contribution >= 0.6 is 11.3 Å². The smallest absolute Gasteiger partial charge is 0.315 e. The summed E-state index contributed by atoms with van der Waals surface area (Å²) in [7, 11) is 0. The second-order valence-corrected chi connectivity index (χ2v) is 5.42. The lowest BCUT2D eigenvalue weighted by atomic mass is 10.2. The van der Waals surface area contributed by atoms with E-state index in [4.69, 9.17) is 0 Å². The molecule has 1 aromatic rings. The molecule has 2 N–H and O–H groups in total. The molecule has 0 spiro atoms. The van der Waals surface area contributed by atoms with Crippen molar-refractivity contribution in [1.82, 2.24) is 20.8 Å². The molecule has 0 aromatic carbocycles. The number of carbonyl (C=O) groups excluding carboxylic acids is 1. The monoisotopic (exact) mass is 256 g/mol. The number of urea groups is 1. The van der Waals surface area contributed by atoms with Gasteiger partial charge in [0, 0.05) is 12.0 Å². The van der Waals surface area contributed by atoms with Crippen molar-refractivity contribution in [1.29, 1.82) is 0 Å². The van der Waals surface area contributed by atoms with Crippen LogP contribution in [0.1, 0.15) is 50.0 Å². The quantitative estimate of drug-likeness (QED) is 0.849. The molecule has 0 aliphatic carbocycles. The van der Waals surface area contributed by atoms with Crippen LogP contribution < -0.4 is 10.6 Å². The van der Waals surface area contributed by atoms with Crippen LogP contribution in [0.2, 0.25) is 0 Å². The van der Waals surface area contributed by atoms with Crippen LogP contribution in [0.25, 0.3) is 0 Å². The highest BCUT2D eigenvalue weighted by Crippen LogP contribution is 2.18. The molecule has 0 fully saturated rings. The van der Waals surface area contributed by atoms with Crippen LogP contribution in [-0.2, 0) is 6.54 Å². The van der Waals surface area contributed by atoms with Gasteiger partial charge < -0.3 is 10.6 Å². The molecule has 0 bridgehead atoms. The molecule has 17 heavy (non-hydrogen) atoms. The summed E-state index contributed by atoms with van der Waals surface area (Å²) in [5.41, 5.74) is 0. The van der Waals surface area contributed by atoms with Gasteiger partial charge in [-0.1, -0.05) is 32.1 Å². The van der Waals surface area contributed by atoms with E-state index in [0.29, 0.717) is 12.5 Å². The van der Waals surface area contributed by atoms with E-state index >= 15 is 0 Å². The Hall–Kier alpha value is -1.17. The van der Waals surface area contributed by atoms with Gasteiger partial charge in [0.1, 0.15) is 10.0 Å². The van der Waals surface area contributed by atoms with Gasteiger partial charge in [-0.05, 0) is 13.3 Å². The fourth-order valence-electron chi connectivity index (χ4n) is 1.10. The van der Waals surface area contributed by atoms with Crippen LogP contribution in [0, 0.1) is 0 Å². The van der Waals surface area contributed by atoms with Gasteiger partial charge >= 0.3 is 6.03 Å². The van der Waals surface area contributed by atoms with E-state index in [9.17, 15) is 4.79 Å². The van der Waals surface area contributed by atoms with Crippen molar-refractivity contribution in [3.05, 3.63) is 10.0 Å². The largest absolute Gasteiger partial charge is 0.336 e. The molecule has 96 valence electrons. The maximum absolute atomic E-state index is 11.5. The molecule has 0 aliphatic heterocycles. The molecule has 0 radical (unpaired) electrons. The van der Waals surface area contributed by atoms with Crippen molar-refractivity contribution >= 4 is 17.4 Å². The van der Waals surface area contributed by atoms with E-state index in [0.717, 1.165) is 16.4 Å². The van der Waals surface area contributed by atoms with Crippen LogP contribution in [-0.4, -0.2) is 22.3 Å². The molecule has 0 aliphatic rings. The number of rotatable bonds is 5. The summed E-state index contributed by atoms with van der Waals surface area (Å²) in [6.45, 7) is 8.60. The first-order valence-corrected chi connectivity index (χ1v) is 6.71. The lowest BCUT2D eigenvalue weighted by molar-refractivity contribution is 0.237. The summed E-state index contributed by atoms with van der Waals surface area (Å²) < 4.78 is 0. The van der Waals surface area contributed by atoms with Crippen molar-refractivity contribution in [2.24, 2.45) is 0 Å². The van der Waals surface area contributed by atoms with Gasteiger partial charge in [-0.25, -0.2) is 4.79 Å². The SMILES string of the molecule is CCC(C)NC(=O)NCc1nnc(C(C)C)s1. The number of nitrogens with zero attached hydrogens (tertiary/aromatic N) is 2. The highest BCUT2D eigenvalue weighted by molar-refractivity contribution is 7.11. The zero-order chi connectivity index (χ0) is 12.8. The third-order valence-electron chi connectivity index (χ3n) is 2.37. The molecule has 0 saturated carbocycles. The molecule has 1 aromatic heterocycles. The van der Waals surface area contributed by atoms with Crippen LogP contribution in [0.4, 0.5) is 4.79 Å². The summed E-state index contributed by atoms with van der Waals surface area (Å²) in [5, 5.41) is 15.6. The molecule has 1 rings (SSSR count). The topological polar surface area (TPSA) is 66.9 Å². The van der Waals surface area contributed by atoms with Crippen LogP contribution in [0.3, 0.4) is 0 Å². The first-order valence-electron chi connectivity index (χ1n) is 5.89. The van der Waals surface area contributed by atoms with Gasteiger partial charge in [-0.15, -0.1) is 10.2 Å². The summed E-state index contributed by atoms with van der Waals surface area (Å²) in [6.07, 6.45) is 0.920. The second-order valence-electron chi connectivity index (χ2n) is 4.33. The third-order valence-corrected chi connectivity index (χ3v) is 3.59. The van der Waals surface area contributed by atoms with Gasteiger partial charge in [0.2, 0.25) is 0 Å². The Labute approximate surface area is 106 Å². The first-order chi connectivity index (χ1) is 8.02. The van der Waals surface area contributed by atoms with Crippen molar-refractivity contribution in [3.63, 3.8) is 0 Å². The number of amides is 2. The van der Waals surface area contributed by atoms with E-state index in [1.807, 2.05) is 13.8 Å². The minimum absolute atomic E-state index is 0.152. The van der Waals surface area contributed by atoms with Gasteiger partial charge in [0.25, 0.3) is 0 Å². The highest BCUT2D eigenvalue weighted by atomic mass is 32.1. The fourth-order valence-corrected chi connectivity index (χ4v) is 1.89. The zero-order valence-electron chi connectivity index (χ0n) is 10.8. The summed E-state index contributed by atoms with van der Waals surface area (Å²) in [4.78, 5) is 11.5. The average Bonchev–Trinajstić information content (AvgIpc) is 2.75. The van der Waals surface area contributed by atoms with E-state index in [-0.39, 0.29) is 12.1 Å². The molecular formula is C11H20N4OS. The lowest BCUT2D eigenvalue weighted by Crippen LogP contribution is -2.40. The maximum Gasteiger partial charge on any atom is 0.315 e. The molecule has 1 atom stereocenters. The molecule has 6 heteroatoms. The standard InChI is InChI=1S/C11H20N4OS/c1-5-8(4)13-11(16)12-6-9-14-15-10(17-9)7(2)3/h7-8H,5-6H2,1-4H3,(H2,12,13,16). The van der Waals surface area contributed by atoms with Crippen molar-refractivity contribution in [3.8, 4) is 0 Å². The van der Waals surface area contributed by atoms with Gasteiger partial charge in [0.05, 0.1) is 6.54 Å². The van der Waals surface area contributed by atoms with Gasteiger partial charge in [0.15, 0.2) is 0 Å².